The van der Waals surface area contributed by atoms with Gasteiger partial charge in [-0.1, -0.05) is 39.7 Å². The molecule has 0 saturated heterocycles. The van der Waals surface area contributed by atoms with Crippen molar-refractivity contribution in [2.75, 3.05) is 13.2 Å². The van der Waals surface area contributed by atoms with Gasteiger partial charge in [-0.05, 0) is 42.5 Å². The van der Waals surface area contributed by atoms with Gasteiger partial charge in [-0.15, -0.1) is 15.3 Å². The van der Waals surface area contributed by atoms with Gasteiger partial charge in [-0.25, -0.2) is 0 Å². The van der Waals surface area contributed by atoms with E-state index in [1.165, 1.54) is 0 Å². The standard InChI is InChI=1S/C20H15BrClN5O2/c21-14-7-5-13(6-8-14)20(28)23-11-12-29-18-10-9-17-24-25-19(27(17)26-18)15-3-1-2-4-16(15)22/h1-10H,11-12H2,(H,23,28). The largest absolute Gasteiger partial charge is 0.475 e. The van der Waals surface area contributed by atoms with Gasteiger partial charge in [-0.3, -0.25) is 4.79 Å². The monoisotopic (exact) mass is 471 g/mol. The highest BCUT2D eigenvalue weighted by Gasteiger charge is 2.13. The van der Waals surface area contributed by atoms with Gasteiger partial charge >= 0.3 is 0 Å². The number of carbonyl (C=O) groups is 1. The van der Waals surface area contributed by atoms with E-state index in [4.69, 9.17) is 16.3 Å². The number of halogens is 2. The van der Waals surface area contributed by atoms with Gasteiger partial charge in [0.15, 0.2) is 11.5 Å². The zero-order chi connectivity index (χ0) is 20.2. The normalized spacial score (nSPS) is 10.8. The van der Waals surface area contributed by atoms with Gasteiger partial charge in [0, 0.05) is 21.7 Å². The number of nitrogens with one attached hydrogen (secondary N) is 1. The maximum Gasteiger partial charge on any atom is 0.251 e. The average Bonchev–Trinajstić information content (AvgIpc) is 3.15. The van der Waals surface area contributed by atoms with Crippen molar-refractivity contribution in [3.05, 3.63) is 75.7 Å². The molecule has 0 spiro atoms. The fraction of sp³-hybridized carbons (Fsp3) is 0.100. The summed E-state index contributed by atoms with van der Waals surface area (Å²) in [6.07, 6.45) is 0. The topological polar surface area (TPSA) is 81.4 Å². The lowest BCUT2D eigenvalue weighted by atomic mass is 10.2. The highest BCUT2D eigenvalue weighted by Crippen LogP contribution is 2.26. The van der Waals surface area contributed by atoms with Gasteiger partial charge in [0.2, 0.25) is 5.88 Å². The summed E-state index contributed by atoms with van der Waals surface area (Å²) in [6.45, 7) is 0.610. The molecule has 7 nitrogen and oxygen atoms in total. The SMILES string of the molecule is O=C(NCCOc1ccc2nnc(-c3ccccc3Cl)n2n1)c1ccc(Br)cc1. The van der Waals surface area contributed by atoms with Crippen LogP contribution >= 0.6 is 27.5 Å². The highest BCUT2D eigenvalue weighted by atomic mass is 79.9. The molecule has 0 atom stereocenters. The molecular weight excluding hydrogens is 458 g/mol. The molecule has 2 aromatic heterocycles. The second-order valence-electron chi connectivity index (χ2n) is 6.06. The van der Waals surface area contributed by atoms with Crippen molar-refractivity contribution in [1.82, 2.24) is 25.1 Å². The van der Waals surface area contributed by atoms with Crippen LogP contribution in [0.3, 0.4) is 0 Å². The molecule has 0 fully saturated rings. The van der Waals surface area contributed by atoms with Crippen LogP contribution in [0.5, 0.6) is 5.88 Å². The molecule has 146 valence electrons. The summed E-state index contributed by atoms with van der Waals surface area (Å²) in [4.78, 5) is 12.1. The van der Waals surface area contributed by atoms with E-state index < -0.39 is 0 Å². The minimum Gasteiger partial charge on any atom is -0.475 e. The number of fused-ring (bicyclic) bond motifs is 1. The molecule has 29 heavy (non-hydrogen) atoms. The van der Waals surface area contributed by atoms with E-state index in [2.05, 4.69) is 36.5 Å². The van der Waals surface area contributed by atoms with Gasteiger partial charge in [0.1, 0.15) is 6.61 Å². The average molecular weight is 473 g/mol. The third-order valence-electron chi connectivity index (χ3n) is 4.10. The van der Waals surface area contributed by atoms with Gasteiger partial charge in [-0.2, -0.15) is 4.52 Å². The van der Waals surface area contributed by atoms with E-state index in [-0.39, 0.29) is 12.5 Å². The molecule has 0 radical (unpaired) electrons. The number of hydrogen-bond acceptors (Lipinski definition) is 5. The molecule has 1 amide bonds. The number of hydrogen-bond donors (Lipinski definition) is 1. The fourth-order valence-corrected chi connectivity index (χ4v) is 3.17. The summed E-state index contributed by atoms with van der Waals surface area (Å²) in [5.41, 5.74) is 1.89. The first-order chi connectivity index (χ1) is 14.1. The van der Waals surface area contributed by atoms with Gasteiger partial charge in [0.25, 0.3) is 5.91 Å². The van der Waals surface area contributed by atoms with Crippen molar-refractivity contribution >= 4 is 39.1 Å². The zero-order valence-electron chi connectivity index (χ0n) is 15.0. The molecule has 4 rings (SSSR count). The number of benzene rings is 2. The van der Waals surface area contributed by atoms with Crippen molar-refractivity contribution in [2.24, 2.45) is 0 Å². The Bertz CT molecular complexity index is 1160. The molecule has 9 heteroatoms. The van der Waals surface area contributed by atoms with E-state index in [0.717, 1.165) is 10.0 Å². The fourth-order valence-electron chi connectivity index (χ4n) is 2.68. The molecule has 0 aliphatic carbocycles. The lowest BCUT2D eigenvalue weighted by Gasteiger charge is -2.08. The molecule has 0 bridgehead atoms. The van der Waals surface area contributed by atoms with Crippen LogP contribution in [-0.4, -0.2) is 38.9 Å². The summed E-state index contributed by atoms with van der Waals surface area (Å²) < 4.78 is 8.17. The first-order valence-corrected chi connectivity index (χ1v) is 9.93. The van der Waals surface area contributed by atoms with Crippen LogP contribution in [0, 0.1) is 0 Å². The molecule has 0 aliphatic rings. The van der Waals surface area contributed by atoms with E-state index in [0.29, 0.717) is 34.5 Å². The highest BCUT2D eigenvalue weighted by molar-refractivity contribution is 9.10. The van der Waals surface area contributed by atoms with Crippen LogP contribution < -0.4 is 10.1 Å². The number of amides is 1. The second kappa shape index (κ2) is 8.59. The number of aromatic nitrogens is 4. The van der Waals surface area contributed by atoms with Crippen LogP contribution in [0.1, 0.15) is 10.4 Å². The Morgan fingerprint density at radius 1 is 1.07 bits per heavy atom. The van der Waals surface area contributed by atoms with E-state index in [1.807, 2.05) is 30.3 Å². The maximum absolute atomic E-state index is 12.1. The van der Waals surface area contributed by atoms with E-state index >= 15 is 0 Å². The van der Waals surface area contributed by atoms with Crippen LogP contribution in [0.4, 0.5) is 0 Å². The van der Waals surface area contributed by atoms with Crippen LogP contribution in [0.2, 0.25) is 5.02 Å². The minimum absolute atomic E-state index is 0.163. The Labute approximate surface area is 179 Å². The van der Waals surface area contributed by atoms with Gasteiger partial charge < -0.3 is 10.1 Å². The third-order valence-corrected chi connectivity index (χ3v) is 4.96. The molecule has 1 N–H and O–H groups in total. The smallest absolute Gasteiger partial charge is 0.251 e. The lowest BCUT2D eigenvalue weighted by molar-refractivity contribution is 0.0946. The number of nitrogens with zero attached hydrogens (tertiary/aromatic N) is 4. The maximum atomic E-state index is 12.1. The minimum atomic E-state index is -0.163. The Kier molecular flexibility index (Phi) is 5.73. The first-order valence-electron chi connectivity index (χ1n) is 8.76. The van der Waals surface area contributed by atoms with Crippen molar-refractivity contribution in [2.45, 2.75) is 0 Å². The second-order valence-corrected chi connectivity index (χ2v) is 7.38. The summed E-state index contributed by atoms with van der Waals surface area (Å²) in [6, 6.07) is 18.0. The summed E-state index contributed by atoms with van der Waals surface area (Å²) in [5.74, 6) is 0.757. The van der Waals surface area contributed by atoms with Crippen molar-refractivity contribution in [3.8, 4) is 17.3 Å². The summed E-state index contributed by atoms with van der Waals surface area (Å²) in [5, 5.41) is 16.1. The van der Waals surface area contributed by atoms with E-state index in [1.54, 1.807) is 34.8 Å². The summed E-state index contributed by atoms with van der Waals surface area (Å²) >= 11 is 9.61. The van der Waals surface area contributed by atoms with Crippen molar-refractivity contribution in [1.29, 1.82) is 0 Å². The molecule has 2 aromatic carbocycles. The number of rotatable bonds is 6. The number of ether oxygens (including phenoxy) is 1. The van der Waals surface area contributed by atoms with Crippen LogP contribution in [-0.2, 0) is 0 Å². The Morgan fingerprint density at radius 2 is 1.86 bits per heavy atom. The zero-order valence-corrected chi connectivity index (χ0v) is 17.4. The molecule has 0 aliphatic heterocycles. The Balaban J connectivity index is 1.41. The number of carbonyl (C=O) groups excluding carboxylic acids is 1. The Morgan fingerprint density at radius 3 is 2.66 bits per heavy atom. The van der Waals surface area contributed by atoms with Crippen molar-refractivity contribution in [3.63, 3.8) is 0 Å². The predicted octanol–water partition coefficient (Wildman–Crippen LogP) is 4.02. The lowest BCUT2D eigenvalue weighted by Crippen LogP contribution is -2.28. The Hall–Kier alpha value is -2.97. The molecule has 0 unspecified atom stereocenters. The summed E-state index contributed by atoms with van der Waals surface area (Å²) in [7, 11) is 0. The quantitative estimate of drug-likeness (QED) is 0.429. The molecule has 0 saturated carbocycles. The van der Waals surface area contributed by atoms with Crippen LogP contribution in [0.25, 0.3) is 17.0 Å². The molecular formula is C20H15BrClN5O2. The molecule has 2 heterocycles. The molecule has 4 aromatic rings. The third kappa shape index (κ3) is 4.38. The van der Waals surface area contributed by atoms with Crippen LogP contribution in [0.15, 0.2) is 65.1 Å². The first kappa shape index (κ1) is 19.4. The van der Waals surface area contributed by atoms with E-state index in [9.17, 15) is 4.79 Å². The van der Waals surface area contributed by atoms with Crippen molar-refractivity contribution < 1.29 is 9.53 Å². The predicted molar refractivity (Wildman–Crippen MR) is 113 cm³/mol. The van der Waals surface area contributed by atoms with Gasteiger partial charge in [0.05, 0.1) is 11.6 Å².